The zero-order valence-electron chi connectivity index (χ0n) is 23.9. The molecular weight excluding hydrogens is 419 g/mol. The van der Waals surface area contributed by atoms with Crippen molar-refractivity contribution in [3.05, 3.63) is 71.1 Å². The Balaban J connectivity index is 2.21. The summed E-state index contributed by atoms with van der Waals surface area (Å²) in [5.41, 5.74) is 0.728. The molecule has 0 radical (unpaired) electrons. The highest BCUT2D eigenvalue weighted by molar-refractivity contribution is 5.98. The molecule has 6 nitrogen and oxygen atoms in total. The molecule has 170 valence electrons. The van der Waals surface area contributed by atoms with E-state index in [1.807, 2.05) is 6.07 Å². The van der Waals surface area contributed by atoms with Gasteiger partial charge in [0.1, 0.15) is 17.6 Å². The molecule has 1 N–H and O–H groups in total. The van der Waals surface area contributed by atoms with Crippen LogP contribution >= 0.6 is 0 Å². The van der Waals surface area contributed by atoms with Gasteiger partial charge in [0, 0.05) is 41.9 Å². The number of allylic oxidation sites excluding steroid dienone is 1. The number of rotatable bonds is 9. The van der Waals surface area contributed by atoms with Gasteiger partial charge in [0.05, 0.1) is 30.2 Å². The fraction of sp³-hybridized carbons (Fsp3) is 0.269. The summed E-state index contributed by atoms with van der Waals surface area (Å²) >= 11 is 0. The van der Waals surface area contributed by atoms with E-state index in [-0.39, 0.29) is 54.2 Å². The van der Waals surface area contributed by atoms with Gasteiger partial charge in [-0.25, -0.2) is 4.39 Å². The third kappa shape index (κ3) is 5.93. The summed E-state index contributed by atoms with van der Waals surface area (Å²) in [5, 5.41) is 13.0. The second kappa shape index (κ2) is 10.7. The minimum absolute atomic E-state index is 0.0618. The van der Waals surface area contributed by atoms with Crippen molar-refractivity contribution in [2.75, 3.05) is 32.6 Å². The minimum atomic E-state index is -0.963. The van der Waals surface area contributed by atoms with Crippen LogP contribution in [-0.4, -0.2) is 42.9 Å². The molecule has 0 saturated carbocycles. The van der Waals surface area contributed by atoms with Gasteiger partial charge in [-0.05, 0) is 63.8 Å². The number of carbonyl (C=O) groups is 1. The number of nitrogens with zero attached hydrogens (tertiary/aromatic N) is 3. The first-order valence-electron chi connectivity index (χ1n) is 12.8. The van der Waals surface area contributed by atoms with E-state index in [9.17, 15) is 14.4 Å². The monoisotopic (exact) mass is 451 g/mol. The summed E-state index contributed by atoms with van der Waals surface area (Å²) < 4.78 is 60.5. The number of anilines is 2. The van der Waals surface area contributed by atoms with Crippen molar-refractivity contribution in [1.29, 1.82) is 5.26 Å². The molecule has 0 unspecified atom stereocenters. The lowest BCUT2D eigenvalue weighted by atomic mass is 10.0. The van der Waals surface area contributed by atoms with Crippen molar-refractivity contribution < 1.29 is 20.8 Å². The first-order valence-corrected chi connectivity index (χ1v) is 10.3. The van der Waals surface area contributed by atoms with Gasteiger partial charge in [-0.3, -0.25) is 9.78 Å². The van der Waals surface area contributed by atoms with Gasteiger partial charge >= 0.3 is 0 Å². The molecule has 3 rings (SSSR count). The molecule has 0 bridgehead atoms. The van der Waals surface area contributed by atoms with Crippen LogP contribution in [-0.2, 0) is 11.2 Å². The number of pyridine rings is 1. The molecule has 1 aromatic heterocycles. The van der Waals surface area contributed by atoms with Crippen molar-refractivity contribution >= 4 is 28.1 Å². The van der Waals surface area contributed by atoms with Crippen LogP contribution in [0.4, 0.5) is 15.8 Å². The Labute approximate surface area is 200 Å². The summed E-state index contributed by atoms with van der Waals surface area (Å²) in [6, 6.07) is 3.06. The second-order valence-corrected chi connectivity index (χ2v) is 7.52. The average molecular weight is 452 g/mol. The highest BCUT2D eigenvalue weighted by atomic mass is 19.1. The molecule has 0 saturated heterocycles. The zero-order valence-corrected chi connectivity index (χ0v) is 18.9. The first-order chi connectivity index (χ1) is 17.9. The molecule has 3 aromatic rings. The largest absolute Gasteiger partial charge is 0.494 e. The number of ketones is 1. The normalized spacial score (nSPS) is 13.9. The van der Waals surface area contributed by atoms with Crippen LogP contribution in [0.3, 0.4) is 0 Å². The lowest BCUT2D eigenvalue weighted by Crippen LogP contribution is -2.11. The maximum Gasteiger partial charge on any atom is 0.159 e. The van der Waals surface area contributed by atoms with Gasteiger partial charge in [-0.15, -0.1) is 0 Å². The summed E-state index contributed by atoms with van der Waals surface area (Å²) in [7, 11) is 3.46. The maximum atomic E-state index is 14.3. The summed E-state index contributed by atoms with van der Waals surface area (Å²) in [5.74, 6) is -1.21. The van der Waals surface area contributed by atoms with E-state index in [0.717, 1.165) is 0 Å². The van der Waals surface area contributed by atoms with E-state index < -0.39 is 29.7 Å². The third-order valence-corrected chi connectivity index (χ3v) is 4.63. The molecular formula is C26H27FN4O2. The molecule has 0 atom stereocenters. The Bertz CT molecular complexity index is 1470. The van der Waals surface area contributed by atoms with Gasteiger partial charge in [-0.2, -0.15) is 5.26 Å². The van der Waals surface area contributed by atoms with E-state index in [0.29, 0.717) is 22.2 Å². The van der Waals surface area contributed by atoms with Crippen LogP contribution < -0.4 is 10.1 Å². The van der Waals surface area contributed by atoms with Crippen molar-refractivity contribution in [3.63, 3.8) is 0 Å². The zero-order chi connectivity index (χ0) is 28.3. The summed E-state index contributed by atoms with van der Waals surface area (Å²) in [4.78, 5) is 18.9. The van der Waals surface area contributed by atoms with E-state index in [1.54, 1.807) is 38.1 Å². The van der Waals surface area contributed by atoms with Crippen molar-refractivity contribution in [3.8, 4) is 11.8 Å². The fourth-order valence-corrected chi connectivity index (χ4v) is 3.10. The molecule has 0 spiro atoms. The molecule has 2 aromatic carbocycles. The number of hydrogen-bond donors (Lipinski definition) is 1. The lowest BCUT2D eigenvalue weighted by molar-refractivity contribution is -0.114. The Morgan fingerprint density at radius 2 is 2.21 bits per heavy atom. The highest BCUT2D eigenvalue weighted by Crippen LogP contribution is 2.34. The predicted molar refractivity (Wildman–Crippen MR) is 128 cm³/mol. The SMILES string of the molecule is [2H]/C(CN(C)C)=C(/[2H])C(=O)Cc1cc2c(Nc3c([2H])c([2H])c(F)c(C)c3[2H])c(C#N)cnc2cc1OCC. The number of nitrogens with one attached hydrogen (secondary N) is 1. The number of hydrogen-bond acceptors (Lipinski definition) is 6. The first kappa shape index (κ1) is 17.8. The Morgan fingerprint density at radius 3 is 2.91 bits per heavy atom. The van der Waals surface area contributed by atoms with Crippen LogP contribution in [0.1, 0.15) is 30.5 Å². The standard InChI is InChI=1S/C26H27FN4O2/c1-5-33-25-14-24-22(13-18(25)12-21(32)7-6-10-31(3)4)26(19(15-28)16-29-24)30-20-8-9-23(27)17(2)11-20/h6-9,11,13-14,16H,5,10,12H2,1-4H3,(H,29,30)/b7-6+/i6D,7D,8D,9D,11D. The van der Waals surface area contributed by atoms with Gasteiger partial charge in [0.25, 0.3) is 0 Å². The highest BCUT2D eigenvalue weighted by Gasteiger charge is 2.16. The molecule has 33 heavy (non-hydrogen) atoms. The van der Waals surface area contributed by atoms with Crippen LogP contribution in [0, 0.1) is 24.1 Å². The van der Waals surface area contributed by atoms with E-state index in [1.165, 1.54) is 13.1 Å². The van der Waals surface area contributed by atoms with Crippen LogP contribution in [0.25, 0.3) is 10.9 Å². The van der Waals surface area contributed by atoms with Gasteiger partial charge < -0.3 is 15.0 Å². The van der Waals surface area contributed by atoms with Gasteiger partial charge in [-0.1, -0.05) is 6.05 Å². The second-order valence-electron chi connectivity index (χ2n) is 7.52. The number of halogens is 1. The Kier molecular flexibility index (Phi) is 5.76. The van der Waals surface area contributed by atoms with Crippen molar-refractivity contribution in [2.45, 2.75) is 20.3 Å². The number of benzene rings is 2. The molecule has 0 amide bonds. The quantitative estimate of drug-likeness (QED) is 0.465. The van der Waals surface area contributed by atoms with E-state index in [2.05, 4.69) is 10.3 Å². The fourth-order valence-electron chi connectivity index (χ4n) is 3.10. The van der Waals surface area contributed by atoms with E-state index in [4.69, 9.17) is 11.6 Å². The third-order valence-electron chi connectivity index (χ3n) is 4.63. The Hall–Kier alpha value is -3.76. The van der Waals surface area contributed by atoms with E-state index >= 15 is 0 Å². The molecule has 0 aliphatic heterocycles. The average Bonchev–Trinajstić information content (AvgIpc) is 2.88. The molecule has 7 heteroatoms. The number of ether oxygens (including phenoxy) is 1. The van der Waals surface area contributed by atoms with Crippen LogP contribution in [0.2, 0.25) is 0 Å². The molecule has 0 aliphatic rings. The molecule has 0 aliphatic carbocycles. The van der Waals surface area contributed by atoms with Crippen LogP contribution in [0.5, 0.6) is 5.75 Å². The summed E-state index contributed by atoms with van der Waals surface area (Å²) in [6.45, 7) is 3.51. The number of fused-ring (bicyclic) bond motifs is 1. The molecule has 1 heterocycles. The maximum absolute atomic E-state index is 14.3. The summed E-state index contributed by atoms with van der Waals surface area (Å²) in [6.07, 6.45) is 1.05. The Morgan fingerprint density at radius 1 is 1.42 bits per heavy atom. The molecule has 0 fully saturated rings. The van der Waals surface area contributed by atoms with Gasteiger partial charge in [0.2, 0.25) is 0 Å². The number of aromatic nitrogens is 1. The van der Waals surface area contributed by atoms with Crippen molar-refractivity contribution in [2.24, 2.45) is 0 Å². The lowest BCUT2D eigenvalue weighted by Gasteiger charge is -2.15. The van der Waals surface area contributed by atoms with Crippen LogP contribution in [0.15, 0.2) is 48.6 Å². The number of carbonyl (C=O) groups excluding carboxylic acids is 1. The topological polar surface area (TPSA) is 78.3 Å². The minimum Gasteiger partial charge on any atom is -0.494 e. The number of likely N-dealkylation sites (N-methyl/N-ethyl adjacent to an activating group) is 1. The predicted octanol–water partition coefficient (Wildman–Crippen LogP) is 4.93. The van der Waals surface area contributed by atoms with Gasteiger partial charge in [0.15, 0.2) is 5.78 Å². The smallest absolute Gasteiger partial charge is 0.159 e. The van der Waals surface area contributed by atoms with Crippen molar-refractivity contribution in [1.82, 2.24) is 9.88 Å². The number of nitriles is 1.